The summed E-state index contributed by atoms with van der Waals surface area (Å²) >= 11 is 7.94. The van der Waals surface area contributed by atoms with Crippen LogP contribution in [0.1, 0.15) is 28.1 Å². The Morgan fingerprint density at radius 2 is 2.00 bits per heavy atom. The number of halogens is 2. The lowest BCUT2D eigenvalue weighted by molar-refractivity contribution is 0.226. The molecular weight excluding hydrogens is 423 g/mol. The highest BCUT2D eigenvalue weighted by Crippen LogP contribution is 2.51. The molecule has 1 N–H and O–H groups in total. The quantitative estimate of drug-likeness (QED) is 0.438. The predicted octanol–water partition coefficient (Wildman–Crippen LogP) is 5.69. The molecular formula is C22H14ClFN4OS. The Morgan fingerprint density at radius 1 is 1.13 bits per heavy atom. The maximum atomic E-state index is 13.7. The third-order valence-corrected chi connectivity index (χ3v) is 6.51. The summed E-state index contributed by atoms with van der Waals surface area (Å²) in [5.74, 6) is 1.07. The second kappa shape index (κ2) is 6.68. The van der Waals surface area contributed by atoms with Gasteiger partial charge in [-0.2, -0.15) is 10.1 Å². The number of aromatic nitrogens is 3. The number of nitrogens with zero attached hydrogens (tertiary/aromatic N) is 3. The van der Waals surface area contributed by atoms with E-state index >= 15 is 0 Å². The molecule has 0 unspecified atom stereocenters. The van der Waals surface area contributed by atoms with Crippen molar-refractivity contribution >= 4 is 34.6 Å². The lowest BCUT2D eigenvalue weighted by Crippen LogP contribution is -2.32. The first kappa shape index (κ1) is 17.7. The molecule has 2 aromatic heterocycles. The first-order chi connectivity index (χ1) is 14.7. The fourth-order valence-electron chi connectivity index (χ4n) is 4.09. The zero-order valence-electron chi connectivity index (χ0n) is 15.4. The van der Waals surface area contributed by atoms with Gasteiger partial charge in [-0.25, -0.2) is 9.07 Å². The number of anilines is 1. The zero-order chi connectivity index (χ0) is 20.2. The van der Waals surface area contributed by atoms with E-state index < -0.39 is 0 Å². The van der Waals surface area contributed by atoms with Gasteiger partial charge in [0.1, 0.15) is 23.9 Å². The van der Waals surface area contributed by atoms with Crippen molar-refractivity contribution in [3.8, 4) is 5.75 Å². The summed E-state index contributed by atoms with van der Waals surface area (Å²) in [5.41, 5.74) is 3.64. The van der Waals surface area contributed by atoms with E-state index in [1.165, 1.54) is 18.5 Å². The van der Waals surface area contributed by atoms with Crippen LogP contribution in [-0.2, 0) is 0 Å². The second-order valence-corrected chi connectivity index (χ2v) is 8.51. The highest BCUT2D eigenvalue weighted by Gasteiger charge is 2.41. The smallest absolute Gasteiger partial charge is 0.226 e. The van der Waals surface area contributed by atoms with Gasteiger partial charge in [0.05, 0.1) is 5.70 Å². The second-order valence-electron chi connectivity index (χ2n) is 7.09. The summed E-state index contributed by atoms with van der Waals surface area (Å²) in [4.78, 5) is 5.46. The van der Waals surface area contributed by atoms with Gasteiger partial charge in [0.2, 0.25) is 5.95 Å². The van der Waals surface area contributed by atoms with Gasteiger partial charge in [-0.05, 0) is 47.3 Å². The molecule has 8 heteroatoms. The van der Waals surface area contributed by atoms with Crippen molar-refractivity contribution in [3.05, 3.63) is 98.7 Å². The van der Waals surface area contributed by atoms with Crippen LogP contribution in [0.25, 0.3) is 5.70 Å². The highest BCUT2D eigenvalue weighted by atomic mass is 35.5. The SMILES string of the molecule is Fc1ccc([C@@H]2C3=C(Nc4ncnn42)c2cc(Cl)ccc2O[C@@H]3c2cccs2)cc1. The summed E-state index contributed by atoms with van der Waals surface area (Å²) in [7, 11) is 0. The Bertz CT molecular complexity index is 1280. The van der Waals surface area contributed by atoms with Crippen molar-refractivity contribution in [1.82, 2.24) is 14.8 Å². The van der Waals surface area contributed by atoms with Crippen LogP contribution in [0.15, 0.2) is 71.9 Å². The maximum Gasteiger partial charge on any atom is 0.226 e. The van der Waals surface area contributed by atoms with Crippen molar-refractivity contribution in [3.63, 3.8) is 0 Å². The van der Waals surface area contributed by atoms with Crippen LogP contribution in [0.3, 0.4) is 0 Å². The number of rotatable bonds is 2. The molecule has 0 saturated carbocycles. The van der Waals surface area contributed by atoms with Gasteiger partial charge < -0.3 is 10.1 Å². The maximum absolute atomic E-state index is 13.7. The zero-order valence-corrected chi connectivity index (χ0v) is 17.0. The van der Waals surface area contributed by atoms with Crippen molar-refractivity contribution in [2.45, 2.75) is 12.1 Å². The van der Waals surface area contributed by atoms with Crippen LogP contribution in [0.2, 0.25) is 5.02 Å². The minimum absolute atomic E-state index is 0.285. The van der Waals surface area contributed by atoms with Crippen molar-refractivity contribution in [1.29, 1.82) is 0 Å². The fraction of sp³-hybridized carbons (Fsp3) is 0.0909. The first-order valence-corrected chi connectivity index (χ1v) is 10.6. The van der Waals surface area contributed by atoms with E-state index in [0.29, 0.717) is 11.0 Å². The van der Waals surface area contributed by atoms with Gasteiger partial charge >= 0.3 is 0 Å². The van der Waals surface area contributed by atoms with Gasteiger partial charge in [0, 0.05) is 21.0 Å². The molecule has 0 bridgehead atoms. The molecule has 2 aromatic carbocycles. The Labute approximate surface area is 180 Å². The number of hydrogen-bond acceptors (Lipinski definition) is 5. The Balaban J connectivity index is 1.64. The summed E-state index contributed by atoms with van der Waals surface area (Å²) in [6.45, 7) is 0. The van der Waals surface area contributed by atoms with Gasteiger partial charge in [-0.15, -0.1) is 11.3 Å². The molecule has 6 rings (SSSR count). The molecule has 30 heavy (non-hydrogen) atoms. The van der Waals surface area contributed by atoms with E-state index in [9.17, 15) is 4.39 Å². The Morgan fingerprint density at radius 3 is 2.80 bits per heavy atom. The van der Waals surface area contributed by atoms with Crippen LogP contribution < -0.4 is 10.1 Å². The van der Waals surface area contributed by atoms with Gasteiger partial charge in [-0.1, -0.05) is 29.8 Å². The number of nitrogens with one attached hydrogen (secondary N) is 1. The Hall–Kier alpha value is -3.16. The minimum atomic E-state index is -0.325. The molecule has 0 radical (unpaired) electrons. The number of fused-ring (bicyclic) bond motifs is 3. The fourth-order valence-corrected chi connectivity index (χ4v) is 5.03. The molecule has 148 valence electrons. The minimum Gasteiger partial charge on any atom is -0.480 e. The molecule has 4 aromatic rings. The molecule has 0 amide bonds. The summed E-state index contributed by atoms with van der Waals surface area (Å²) < 4.78 is 22.0. The standard InChI is InChI=1S/C22H14ClFN4OS/c23-13-5-8-16-15(10-13)19-18(21(29-16)17-2-1-9-30-17)20(12-3-6-14(24)7-4-12)28-22(27-19)25-11-26-28/h1-11,20-21H,(H,25,26,27)/t20-,21-/m1/s1. The van der Waals surface area contributed by atoms with E-state index in [0.717, 1.165) is 33.0 Å². The summed E-state index contributed by atoms with van der Waals surface area (Å²) in [6, 6.07) is 15.8. The molecule has 2 aliphatic heterocycles. The van der Waals surface area contributed by atoms with Gasteiger partial charge in [-0.3, -0.25) is 0 Å². The van der Waals surface area contributed by atoms with Crippen LogP contribution in [-0.4, -0.2) is 14.8 Å². The van der Waals surface area contributed by atoms with Crippen LogP contribution >= 0.6 is 22.9 Å². The highest BCUT2D eigenvalue weighted by molar-refractivity contribution is 7.10. The van der Waals surface area contributed by atoms with E-state index in [1.807, 2.05) is 34.3 Å². The lowest BCUT2D eigenvalue weighted by atomic mass is 9.86. The molecule has 0 saturated heterocycles. The monoisotopic (exact) mass is 436 g/mol. The van der Waals surface area contributed by atoms with Crippen molar-refractivity contribution < 1.29 is 9.13 Å². The molecule has 5 nitrogen and oxygen atoms in total. The largest absolute Gasteiger partial charge is 0.480 e. The lowest BCUT2D eigenvalue weighted by Gasteiger charge is -2.38. The third-order valence-electron chi connectivity index (χ3n) is 5.36. The van der Waals surface area contributed by atoms with E-state index in [4.69, 9.17) is 16.3 Å². The molecule has 2 aliphatic rings. The molecule has 2 atom stereocenters. The van der Waals surface area contributed by atoms with Crippen molar-refractivity contribution in [2.75, 3.05) is 5.32 Å². The molecule has 4 heterocycles. The average Bonchev–Trinajstić information content (AvgIpc) is 3.44. The average molecular weight is 437 g/mol. The number of thiophene rings is 1. The normalized spacial score (nSPS) is 19.4. The molecule has 0 aliphatic carbocycles. The van der Waals surface area contributed by atoms with E-state index in [2.05, 4.69) is 21.5 Å². The van der Waals surface area contributed by atoms with Gasteiger partial charge in [0.25, 0.3) is 0 Å². The molecule has 0 fully saturated rings. The number of ether oxygens (including phenoxy) is 1. The topological polar surface area (TPSA) is 52.0 Å². The van der Waals surface area contributed by atoms with Crippen LogP contribution in [0.4, 0.5) is 10.3 Å². The predicted molar refractivity (Wildman–Crippen MR) is 114 cm³/mol. The first-order valence-electron chi connectivity index (χ1n) is 9.35. The van der Waals surface area contributed by atoms with E-state index in [1.54, 1.807) is 23.5 Å². The van der Waals surface area contributed by atoms with E-state index in [-0.39, 0.29) is 18.0 Å². The Kier molecular flexibility index (Phi) is 3.94. The summed E-state index contributed by atoms with van der Waals surface area (Å²) in [6.07, 6.45) is 1.19. The summed E-state index contributed by atoms with van der Waals surface area (Å²) in [5, 5.41) is 10.5. The number of hydrogen-bond donors (Lipinski definition) is 1. The van der Waals surface area contributed by atoms with Crippen molar-refractivity contribution in [2.24, 2.45) is 0 Å². The molecule has 0 spiro atoms. The third kappa shape index (κ3) is 2.66. The van der Waals surface area contributed by atoms with Crippen LogP contribution in [0, 0.1) is 5.82 Å². The number of benzene rings is 2. The van der Waals surface area contributed by atoms with Gasteiger partial charge in [0.15, 0.2) is 6.10 Å². The van der Waals surface area contributed by atoms with Crippen LogP contribution in [0.5, 0.6) is 5.75 Å².